The molecule has 2 aliphatic rings. The fourth-order valence-corrected chi connectivity index (χ4v) is 4.82. The largest absolute Gasteiger partial charge is 0.489 e. The van der Waals surface area contributed by atoms with Crippen molar-refractivity contribution in [1.82, 2.24) is 0 Å². The molecule has 0 radical (unpaired) electrons. The Labute approximate surface area is 200 Å². The number of fused-ring (bicyclic) bond motifs is 6. The lowest BCUT2D eigenvalue weighted by Gasteiger charge is -2.37. The van der Waals surface area contributed by atoms with Gasteiger partial charge in [-0.1, -0.05) is 23.8 Å². The fraction of sp³-hybridized carbons (Fsp3) is 0.276. The molecule has 0 N–H and O–H groups in total. The molecule has 2 heterocycles. The smallest absolute Gasteiger partial charge is 0.340 e. The lowest BCUT2D eigenvalue weighted by molar-refractivity contribution is 0.0224. The van der Waals surface area contributed by atoms with Gasteiger partial charge in [0.25, 0.3) is 0 Å². The van der Waals surface area contributed by atoms with Crippen LogP contribution in [0.5, 0.6) is 17.2 Å². The molecule has 0 saturated heterocycles. The molecule has 3 aromatic carbocycles. The van der Waals surface area contributed by atoms with E-state index in [9.17, 15) is 4.79 Å². The first-order valence-corrected chi connectivity index (χ1v) is 11.8. The second-order valence-electron chi connectivity index (χ2n) is 8.82. The molecule has 34 heavy (non-hydrogen) atoms. The summed E-state index contributed by atoms with van der Waals surface area (Å²) in [5, 5.41) is 0. The topological polar surface area (TPSA) is 48.0 Å². The number of hydrogen-bond acceptors (Lipinski definition) is 5. The van der Waals surface area contributed by atoms with Crippen LogP contribution in [0.4, 0.5) is 5.69 Å². The van der Waals surface area contributed by atoms with E-state index in [4.69, 9.17) is 14.2 Å². The Morgan fingerprint density at radius 1 is 0.941 bits per heavy atom. The minimum atomic E-state index is -1.06. The van der Waals surface area contributed by atoms with Gasteiger partial charge >= 0.3 is 5.97 Å². The summed E-state index contributed by atoms with van der Waals surface area (Å²) in [7, 11) is 0. The maximum absolute atomic E-state index is 13.0. The van der Waals surface area contributed by atoms with E-state index in [0.717, 1.165) is 35.5 Å². The van der Waals surface area contributed by atoms with Gasteiger partial charge in [0.15, 0.2) is 5.60 Å². The van der Waals surface area contributed by atoms with Crippen molar-refractivity contribution in [2.24, 2.45) is 0 Å². The van der Waals surface area contributed by atoms with Gasteiger partial charge in [-0.2, -0.15) is 0 Å². The van der Waals surface area contributed by atoms with Crippen molar-refractivity contribution < 1.29 is 19.0 Å². The molecule has 1 spiro atoms. The highest BCUT2D eigenvalue weighted by molar-refractivity contribution is 5.97. The third kappa shape index (κ3) is 3.43. The van der Waals surface area contributed by atoms with Gasteiger partial charge in [0, 0.05) is 47.6 Å². The van der Waals surface area contributed by atoms with Gasteiger partial charge in [0.2, 0.25) is 0 Å². The Kier molecular flexibility index (Phi) is 5.56. The molecule has 2 aliphatic heterocycles. The number of carbonyl (C=O) groups is 1. The zero-order valence-electron chi connectivity index (χ0n) is 20.1. The van der Waals surface area contributed by atoms with Gasteiger partial charge < -0.3 is 19.1 Å². The summed E-state index contributed by atoms with van der Waals surface area (Å²) >= 11 is 0. The Balaban J connectivity index is 1.68. The summed E-state index contributed by atoms with van der Waals surface area (Å²) in [6.07, 6.45) is 2.03. The van der Waals surface area contributed by atoms with Gasteiger partial charge in [-0.3, -0.25) is 0 Å². The van der Waals surface area contributed by atoms with E-state index in [2.05, 4.69) is 24.8 Å². The van der Waals surface area contributed by atoms with Crippen molar-refractivity contribution in [2.45, 2.75) is 33.3 Å². The second-order valence-corrected chi connectivity index (χ2v) is 8.82. The lowest BCUT2D eigenvalue weighted by Crippen LogP contribution is -2.33. The van der Waals surface area contributed by atoms with Gasteiger partial charge in [0.1, 0.15) is 23.9 Å². The molecule has 5 rings (SSSR count). The predicted octanol–water partition coefficient (Wildman–Crippen LogP) is 6.45. The van der Waals surface area contributed by atoms with Crippen LogP contribution in [-0.2, 0) is 10.3 Å². The highest BCUT2D eigenvalue weighted by Gasteiger charge is 2.53. The van der Waals surface area contributed by atoms with E-state index in [1.54, 1.807) is 0 Å². The lowest BCUT2D eigenvalue weighted by atomic mass is 9.77. The number of ether oxygens (including phenoxy) is 3. The Hall–Kier alpha value is -3.73. The standard InChI is InChI=1S/C29H29NO4/c1-5-30(6-2)20-11-13-24-26(17-20)33-27-18-21(32-16-15-19(3)4)12-14-25(27)29(24)23-10-8-7-9-22(23)28(31)34-29/h7-15,17-18H,5-6,16H2,1-4H3. The molecule has 0 aromatic heterocycles. The van der Waals surface area contributed by atoms with Gasteiger partial charge in [-0.15, -0.1) is 0 Å². The number of rotatable bonds is 6. The average Bonchev–Trinajstić information content (AvgIpc) is 3.12. The number of nitrogens with zero attached hydrogens (tertiary/aromatic N) is 1. The summed E-state index contributed by atoms with van der Waals surface area (Å²) < 4.78 is 18.6. The molecular weight excluding hydrogens is 426 g/mol. The fourth-order valence-electron chi connectivity index (χ4n) is 4.82. The van der Waals surface area contributed by atoms with Gasteiger partial charge in [-0.25, -0.2) is 4.79 Å². The van der Waals surface area contributed by atoms with Crippen LogP contribution in [0.2, 0.25) is 0 Å². The number of allylic oxidation sites excluding steroid dienone is 1. The normalized spacial score (nSPS) is 17.2. The summed E-state index contributed by atoms with van der Waals surface area (Å²) in [4.78, 5) is 15.3. The monoisotopic (exact) mass is 455 g/mol. The van der Waals surface area contributed by atoms with Gasteiger partial charge in [-0.05, 0) is 64.1 Å². The van der Waals surface area contributed by atoms with Crippen molar-refractivity contribution >= 4 is 11.7 Å². The first-order valence-electron chi connectivity index (χ1n) is 11.8. The van der Waals surface area contributed by atoms with Crippen LogP contribution in [0, 0.1) is 0 Å². The Morgan fingerprint density at radius 2 is 1.65 bits per heavy atom. The van der Waals surface area contributed by atoms with Crippen LogP contribution in [0.3, 0.4) is 0 Å². The molecule has 3 aromatic rings. The van der Waals surface area contributed by atoms with E-state index < -0.39 is 5.60 Å². The molecule has 1 unspecified atom stereocenters. The van der Waals surface area contributed by atoms with Crippen LogP contribution in [-0.4, -0.2) is 25.7 Å². The molecule has 0 saturated carbocycles. The first kappa shape index (κ1) is 22.1. The summed E-state index contributed by atoms with van der Waals surface area (Å²) in [6, 6.07) is 19.5. The zero-order chi connectivity index (χ0) is 23.9. The third-order valence-corrected chi connectivity index (χ3v) is 6.54. The molecule has 5 nitrogen and oxygen atoms in total. The van der Waals surface area contributed by atoms with Crippen molar-refractivity contribution in [3.63, 3.8) is 0 Å². The first-order chi connectivity index (χ1) is 16.5. The highest BCUT2D eigenvalue weighted by atomic mass is 16.6. The molecular formula is C29H29NO4. The van der Waals surface area contributed by atoms with Crippen LogP contribution in [0.25, 0.3) is 0 Å². The third-order valence-electron chi connectivity index (χ3n) is 6.54. The molecule has 5 heteroatoms. The van der Waals surface area contributed by atoms with Gasteiger partial charge in [0.05, 0.1) is 5.56 Å². The van der Waals surface area contributed by atoms with E-state index in [0.29, 0.717) is 29.4 Å². The number of benzene rings is 3. The van der Waals surface area contributed by atoms with Crippen LogP contribution in [0.1, 0.15) is 54.7 Å². The van der Waals surface area contributed by atoms with Crippen LogP contribution >= 0.6 is 0 Å². The Bertz CT molecular complexity index is 1290. The quantitative estimate of drug-likeness (QED) is 0.316. The number of carbonyl (C=O) groups excluding carboxylic acids is 1. The van der Waals surface area contributed by atoms with Crippen molar-refractivity contribution in [3.8, 4) is 17.2 Å². The summed E-state index contributed by atoms with van der Waals surface area (Å²) in [6.45, 7) is 10.6. The second kappa shape index (κ2) is 8.56. The van der Waals surface area contributed by atoms with Crippen LogP contribution < -0.4 is 14.4 Å². The minimum Gasteiger partial charge on any atom is -0.489 e. The van der Waals surface area contributed by atoms with E-state index >= 15 is 0 Å². The van der Waals surface area contributed by atoms with E-state index in [1.165, 1.54) is 5.57 Å². The number of esters is 1. The van der Waals surface area contributed by atoms with E-state index in [1.807, 2.05) is 74.5 Å². The molecule has 0 bridgehead atoms. The molecule has 0 fully saturated rings. The SMILES string of the molecule is CCN(CC)c1ccc2c(c1)Oc1cc(OCC=C(C)C)ccc1C21OC(=O)c2ccccc21. The number of anilines is 1. The maximum Gasteiger partial charge on any atom is 0.340 e. The molecule has 0 amide bonds. The number of hydrogen-bond donors (Lipinski definition) is 0. The molecule has 1 atom stereocenters. The predicted molar refractivity (Wildman–Crippen MR) is 133 cm³/mol. The summed E-state index contributed by atoms with van der Waals surface area (Å²) in [5.41, 5.74) is 4.24. The highest BCUT2D eigenvalue weighted by Crippen LogP contribution is 2.57. The minimum absolute atomic E-state index is 0.328. The molecule has 0 aliphatic carbocycles. The molecule has 174 valence electrons. The van der Waals surface area contributed by atoms with Crippen molar-refractivity contribution in [2.75, 3.05) is 24.6 Å². The van der Waals surface area contributed by atoms with Crippen LogP contribution in [0.15, 0.2) is 72.3 Å². The average molecular weight is 456 g/mol. The Morgan fingerprint density at radius 3 is 2.38 bits per heavy atom. The summed E-state index contributed by atoms with van der Waals surface area (Å²) in [5.74, 6) is 1.68. The van der Waals surface area contributed by atoms with Crippen molar-refractivity contribution in [3.05, 3.63) is 94.6 Å². The zero-order valence-corrected chi connectivity index (χ0v) is 20.1. The van der Waals surface area contributed by atoms with E-state index in [-0.39, 0.29) is 5.97 Å². The maximum atomic E-state index is 13.0. The van der Waals surface area contributed by atoms with Crippen molar-refractivity contribution in [1.29, 1.82) is 0 Å².